The van der Waals surface area contributed by atoms with Crippen molar-refractivity contribution in [2.24, 2.45) is 5.92 Å². The van der Waals surface area contributed by atoms with Crippen LogP contribution in [0.1, 0.15) is 51.0 Å². The van der Waals surface area contributed by atoms with Crippen LogP contribution in [0.15, 0.2) is 22.7 Å². The fraction of sp³-hybridized carbons (Fsp3) is 0.667. The molecule has 2 rings (SSSR count). The van der Waals surface area contributed by atoms with E-state index in [0.717, 1.165) is 19.0 Å². The van der Waals surface area contributed by atoms with Crippen molar-refractivity contribution in [2.75, 3.05) is 25.0 Å². The molecular formula is C18H29BrN2. The van der Waals surface area contributed by atoms with E-state index in [9.17, 15) is 0 Å². The molecule has 0 aliphatic heterocycles. The summed E-state index contributed by atoms with van der Waals surface area (Å²) in [4.78, 5) is 2.46. The molecule has 1 fully saturated rings. The van der Waals surface area contributed by atoms with Crippen molar-refractivity contribution in [1.29, 1.82) is 0 Å². The maximum atomic E-state index is 3.62. The van der Waals surface area contributed by atoms with Crippen LogP contribution in [0, 0.1) is 5.92 Å². The quantitative estimate of drug-likeness (QED) is 0.697. The number of hydrogen-bond acceptors (Lipinski definition) is 2. The first-order valence-corrected chi connectivity index (χ1v) is 9.20. The van der Waals surface area contributed by atoms with Crippen molar-refractivity contribution in [3.8, 4) is 0 Å². The molecule has 0 radical (unpaired) electrons. The summed E-state index contributed by atoms with van der Waals surface area (Å²) in [6.07, 6.45) is 8.26. The lowest BCUT2D eigenvalue weighted by Gasteiger charge is -2.30. The topological polar surface area (TPSA) is 15.3 Å². The van der Waals surface area contributed by atoms with Gasteiger partial charge in [-0.1, -0.05) is 48.2 Å². The molecule has 1 saturated carbocycles. The van der Waals surface area contributed by atoms with Gasteiger partial charge in [0, 0.05) is 30.3 Å². The number of halogens is 1. The first kappa shape index (κ1) is 16.8. The fourth-order valence-electron chi connectivity index (χ4n) is 3.30. The Hall–Kier alpha value is -0.540. The average Bonchev–Trinajstić information content (AvgIpc) is 2.50. The summed E-state index contributed by atoms with van der Waals surface area (Å²) >= 11 is 3.62. The van der Waals surface area contributed by atoms with Crippen LogP contribution in [0.4, 0.5) is 5.69 Å². The van der Waals surface area contributed by atoms with Crippen LogP contribution in [0.2, 0.25) is 0 Å². The van der Waals surface area contributed by atoms with Crippen molar-refractivity contribution in [3.05, 3.63) is 28.2 Å². The van der Waals surface area contributed by atoms with E-state index in [2.05, 4.69) is 58.3 Å². The highest BCUT2D eigenvalue weighted by atomic mass is 79.9. The lowest BCUT2D eigenvalue weighted by Crippen LogP contribution is -2.28. The Labute approximate surface area is 138 Å². The molecule has 0 unspecified atom stereocenters. The number of nitrogens with zero attached hydrogens (tertiary/aromatic N) is 1. The summed E-state index contributed by atoms with van der Waals surface area (Å²) in [5, 5.41) is 3.53. The van der Waals surface area contributed by atoms with Crippen LogP contribution >= 0.6 is 15.9 Å². The molecule has 1 aliphatic rings. The summed E-state index contributed by atoms with van der Waals surface area (Å²) in [7, 11) is 2.25. The molecule has 2 nitrogen and oxygen atoms in total. The van der Waals surface area contributed by atoms with Gasteiger partial charge in [-0.05, 0) is 49.4 Å². The lowest BCUT2D eigenvalue weighted by molar-refractivity contribution is 0.362. The molecule has 0 saturated heterocycles. The molecule has 0 amide bonds. The Kier molecular flexibility index (Phi) is 7.05. The van der Waals surface area contributed by atoms with Gasteiger partial charge in [-0.2, -0.15) is 0 Å². The second-order valence-corrected chi connectivity index (χ2v) is 7.25. The molecule has 3 heteroatoms. The molecule has 1 aromatic rings. The molecule has 1 aromatic carbocycles. The van der Waals surface area contributed by atoms with Gasteiger partial charge in [-0.25, -0.2) is 0 Å². The number of hydrogen-bond donors (Lipinski definition) is 1. The van der Waals surface area contributed by atoms with Gasteiger partial charge in [0.1, 0.15) is 0 Å². The summed E-state index contributed by atoms with van der Waals surface area (Å²) in [5.74, 6) is 0.874. The summed E-state index contributed by atoms with van der Waals surface area (Å²) in [6.45, 7) is 5.45. The third-order valence-corrected chi connectivity index (χ3v) is 4.95. The van der Waals surface area contributed by atoms with Crippen LogP contribution in [0.3, 0.4) is 0 Å². The van der Waals surface area contributed by atoms with Crippen LogP contribution < -0.4 is 10.2 Å². The minimum Gasteiger partial charge on any atom is -0.374 e. The first-order chi connectivity index (χ1) is 10.2. The minimum atomic E-state index is 0.874. The lowest BCUT2D eigenvalue weighted by atomic mass is 9.89. The number of benzene rings is 1. The van der Waals surface area contributed by atoms with Gasteiger partial charge < -0.3 is 10.2 Å². The minimum absolute atomic E-state index is 0.874. The van der Waals surface area contributed by atoms with Gasteiger partial charge in [0.05, 0.1) is 0 Å². The van der Waals surface area contributed by atoms with E-state index in [0.29, 0.717) is 0 Å². The first-order valence-electron chi connectivity index (χ1n) is 8.41. The van der Waals surface area contributed by atoms with E-state index in [-0.39, 0.29) is 0 Å². The maximum absolute atomic E-state index is 3.62. The van der Waals surface area contributed by atoms with Gasteiger partial charge >= 0.3 is 0 Å². The zero-order valence-corrected chi connectivity index (χ0v) is 15.1. The highest BCUT2D eigenvalue weighted by Crippen LogP contribution is 2.29. The second-order valence-electron chi connectivity index (χ2n) is 6.33. The van der Waals surface area contributed by atoms with Crippen molar-refractivity contribution in [2.45, 2.75) is 52.0 Å². The average molecular weight is 353 g/mol. The van der Waals surface area contributed by atoms with Gasteiger partial charge in [0.25, 0.3) is 0 Å². The van der Waals surface area contributed by atoms with Crippen molar-refractivity contribution in [1.82, 2.24) is 5.32 Å². The standard InChI is InChI=1S/C18H29BrN2/c1-3-11-20-13-16-9-10-17(19)12-18(16)21(2)14-15-7-5-4-6-8-15/h9-10,12,15,20H,3-8,11,13-14H2,1-2H3. The molecule has 0 atom stereocenters. The monoisotopic (exact) mass is 352 g/mol. The third-order valence-electron chi connectivity index (χ3n) is 4.46. The van der Waals surface area contributed by atoms with E-state index in [1.807, 2.05) is 0 Å². The smallest absolute Gasteiger partial charge is 0.0420 e. The molecule has 1 aliphatic carbocycles. The summed E-state index contributed by atoms with van der Waals surface area (Å²) < 4.78 is 1.17. The number of rotatable bonds is 7. The van der Waals surface area contributed by atoms with Crippen LogP contribution in [-0.2, 0) is 6.54 Å². The van der Waals surface area contributed by atoms with Crippen molar-refractivity contribution >= 4 is 21.6 Å². The highest BCUT2D eigenvalue weighted by molar-refractivity contribution is 9.10. The molecule has 0 spiro atoms. The van der Waals surface area contributed by atoms with Gasteiger partial charge in [-0.15, -0.1) is 0 Å². The zero-order chi connectivity index (χ0) is 15.1. The van der Waals surface area contributed by atoms with E-state index in [1.165, 1.54) is 60.8 Å². The van der Waals surface area contributed by atoms with Crippen molar-refractivity contribution < 1.29 is 0 Å². The normalized spacial score (nSPS) is 16.1. The summed E-state index contributed by atoms with van der Waals surface area (Å²) in [5.41, 5.74) is 2.78. The Morgan fingerprint density at radius 1 is 1.24 bits per heavy atom. The molecule has 0 bridgehead atoms. The third kappa shape index (κ3) is 5.30. The Morgan fingerprint density at radius 2 is 2.00 bits per heavy atom. The van der Waals surface area contributed by atoms with Crippen LogP contribution in [0.5, 0.6) is 0 Å². The van der Waals surface area contributed by atoms with E-state index in [1.54, 1.807) is 0 Å². The predicted octanol–water partition coefficient (Wildman–Crippen LogP) is 4.97. The van der Waals surface area contributed by atoms with Gasteiger partial charge in [-0.3, -0.25) is 0 Å². The highest BCUT2D eigenvalue weighted by Gasteiger charge is 2.17. The van der Waals surface area contributed by atoms with Gasteiger partial charge in [0.15, 0.2) is 0 Å². The molecule has 0 aromatic heterocycles. The molecule has 118 valence electrons. The SMILES string of the molecule is CCCNCc1ccc(Br)cc1N(C)CC1CCCCC1. The largest absolute Gasteiger partial charge is 0.374 e. The van der Waals surface area contributed by atoms with Crippen molar-refractivity contribution in [3.63, 3.8) is 0 Å². The van der Waals surface area contributed by atoms with E-state index in [4.69, 9.17) is 0 Å². The van der Waals surface area contributed by atoms with E-state index >= 15 is 0 Å². The molecular weight excluding hydrogens is 324 g/mol. The van der Waals surface area contributed by atoms with E-state index < -0.39 is 0 Å². The second kappa shape index (κ2) is 8.79. The summed E-state index contributed by atoms with van der Waals surface area (Å²) in [6, 6.07) is 6.67. The molecule has 1 N–H and O–H groups in total. The molecule has 0 heterocycles. The Bertz CT molecular complexity index is 427. The number of nitrogens with one attached hydrogen (secondary N) is 1. The predicted molar refractivity (Wildman–Crippen MR) is 96.0 cm³/mol. The molecule has 21 heavy (non-hydrogen) atoms. The fourth-order valence-corrected chi connectivity index (χ4v) is 3.65. The Morgan fingerprint density at radius 3 is 2.71 bits per heavy atom. The van der Waals surface area contributed by atoms with Crippen LogP contribution in [0.25, 0.3) is 0 Å². The number of anilines is 1. The van der Waals surface area contributed by atoms with Crippen LogP contribution in [-0.4, -0.2) is 20.1 Å². The zero-order valence-electron chi connectivity index (χ0n) is 13.5. The maximum Gasteiger partial charge on any atom is 0.0420 e. The Balaban J connectivity index is 2.02. The van der Waals surface area contributed by atoms with Gasteiger partial charge in [0.2, 0.25) is 0 Å².